The summed E-state index contributed by atoms with van der Waals surface area (Å²) in [6, 6.07) is 8.02. The SMILES string of the molecule is Cc1[nH]nc(C(=O)Nc2ccc(CN3CCN(C)CC3)cc2)c1Br. The van der Waals surface area contributed by atoms with Gasteiger partial charge in [0.1, 0.15) is 0 Å². The molecule has 0 unspecified atom stereocenters. The van der Waals surface area contributed by atoms with Crippen molar-refractivity contribution < 1.29 is 4.79 Å². The van der Waals surface area contributed by atoms with Gasteiger partial charge < -0.3 is 10.2 Å². The normalized spacial score (nSPS) is 16.3. The molecule has 2 heterocycles. The zero-order valence-corrected chi connectivity index (χ0v) is 15.6. The Morgan fingerprint density at radius 2 is 1.92 bits per heavy atom. The molecule has 0 bridgehead atoms. The number of carbonyl (C=O) groups is 1. The number of rotatable bonds is 4. The van der Waals surface area contributed by atoms with Crippen LogP contribution in [0.4, 0.5) is 5.69 Å². The molecule has 0 saturated carbocycles. The van der Waals surface area contributed by atoms with Crippen molar-refractivity contribution in [2.24, 2.45) is 0 Å². The maximum absolute atomic E-state index is 12.2. The monoisotopic (exact) mass is 391 g/mol. The van der Waals surface area contributed by atoms with Gasteiger partial charge >= 0.3 is 0 Å². The summed E-state index contributed by atoms with van der Waals surface area (Å²) < 4.78 is 0.701. The van der Waals surface area contributed by atoms with E-state index in [0.29, 0.717) is 10.2 Å². The maximum atomic E-state index is 12.2. The number of nitrogens with zero attached hydrogens (tertiary/aromatic N) is 3. The highest BCUT2D eigenvalue weighted by Gasteiger charge is 2.16. The zero-order chi connectivity index (χ0) is 17.1. The molecule has 1 saturated heterocycles. The van der Waals surface area contributed by atoms with Crippen molar-refractivity contribution in [2.75, 3.05) is 38.5 Å². The molecule has 0 aliphatic carbocycles. The first kappa shape index (κ1) is 17.1. The van der Waals surface area contributed by atoms with Gasteiger partial charge in [0.05, 0.1) is 4.47 Å². The number of hydrogen-bond donors (Lipinski definition) is 2. The predicted octanol–water partition coefficient (Wildman–Crippen LogP) is 2.48. The average molecular weight is 392 g/mol. The Morgan fingerprint density at radius 1 is 1.25 bits per heavy atom. The molecule has 1 aromatic heterocycles. The van der Waals surface area contributed by atoms with Crippen LogP contribution in [-0.2, 0) is 6.54 Å². The van der Waals surface area contributed by atoms with Gasteiger partial charge in [0, 0.05) is 44.1 Å². The number of nitrogens with one attached hydrogen (secondary N) is 2. The summed E-state index contributed by atoms with van der Waals surface area (Å²) in [5.74, 6) is -0.224. The van der Waals surface area contributed by atoms with Gasteiger partial charge in [-0.1, -0.05) is 12.1 Å². The first-order chi connectivity index (χ1) is 11.5. The summed E-state index contributed by atoms with van der Waals surface area (Å²) in [6.45, 7) is 7.24. The Balaban J connectivity index is 1.58. The molecule has 1 amide bonds. The van der Waals surface area contributed by atoms with Crippen molar-refractivity contribution in [3.8, 4) is 0 Å². The second-order valence-corrected chi connectivity index (χ2v) is 7.03. The quantitative estimate of drug-likeness (QED) is 0.839. The molecular weight excluding hydrogens is 370 g/mol. The van der Waals surface area contributed by atoms with Gasteiger partial charge in [0.15, 0.2) is 5.69 Å². The lowest BCUT2D eigenvalue weighted by atomic mass is 10.1. The van der Waals surface area contributed by atoms with Gasteiger partial charge in [-0.25, -0.2) is 0 Å². The molecule has 0 atom stereocenters. The van der Waals surface area contributed by atoms with Crippen molar-refractivity contribution in [3.63, 3.8) is 0 Å². The predicted molar refractivity (Wildman–Crippen MR) is 98.2 cm³/mol. The molecule has 0 spiro atoms. The van der Waals surface area contributed by atoms with Crippen LogP contribution < -0.4 is 5.32 Å². The molecule has 1 aliphatic heterocycles. The number of piperazine rings is 1. The van der Waals surface area contributed by atoms with Crippen LogP contribution in [0.15, 0.2) is 28.7 Å². The van der Waals surface area contributed by atoms with Crippen LogP contribution in [0, 0.1) is 6.92 Å². The van der Waals surface area contributed by atoms with Crippen molar-refractivity contribution in [3.05, 3.63) is 45.7 Å². The van der Waals surface area contributed by atoms with E-state index in [1.165, 1.54) is 5.56 Å². The van der Waals surface area contributed by atoms with E-state index in [4.69, 9.17) is 0 Å². The molecule has 1 fully saturated rings. The van der Waals surface area contributed by atoms with E-state index in [2.05, 4.69) is 60.4 Å². The third kappa shape index (κ3) is 4.03. The van der Waals surface area contributed by atoms with Gasteiger partial charge in [-0.2, -0.15) is 5.10 Å². The van der Waals surface area contributed by atoms with Crippen molar-refractivity contribution in [1.82, 2.24) is 20.0 Å². The summed E-state index contributed by atoms with van der Waals surface area (Å²) in [7, 11) is 2.16. The number of H-pyrrole nitrogens is 1. The molecule has 6 nitrogen and oxygen atoms in total. The van der Waals surface area contributed by atoms with Gasteiger partial charge in [0.25, 0.3) is 5.91 Å². The van der Waals surface area contributed by atoms with Gasteiger partial charge in [-0.05, 0) is 47.6 Å². The lowest BCUT2D eigenvalue weighted by molar-refractivity contribution is 0.102. The molecule has 7 heteroatoms. The number of aromatic nitrogens is 2. The molecule has 0 radical (unpaired) electrons. The van der Waals surface area contributed by atoms with E-state index in [9.17, 15) is 4.79 Å². The first-order valence-electron chi connectivity index (χ1n) is 8.04. The molecule has 128 valence electrons. The van der Waals surface area contributed by atoms with Crippen LogP contribution in [0.25, 0.3) is 0 Å². The van der Waals surface area contributed by atoms with Crippen LogP contribution in [-0.4, -0.2) is 59.1 Å². The zero-order valence-electron chi connectivity index (χ0n) is 14.0. The number of hydrogen-bond acceptors (Lipinski definition) is 4. The summed E-state index contributed by atoms with van der Waals surface area (Å²) in [4.78, 5) is 17.1. The third-order valence-electron chi connectivity index (χ3n) is 4.30. The van der Waals surface area contributed by atoms with E-state index in [1.807, 2.05) is 19.1 Å². The lowest BCUT2D eigenvalue weighted by Crippen LogP contribution is -2.43. The van der Waals surface area contributed by atoms with E-state index < -0.39 is 0 Å². The molecule has 1 aliphatic rings. The average Bonchev–Trinajstić information content (AvgIpc) is 2.91. The summed E-state index contributed by atoms with van der Waals surface area (Å²) >= 11 is 3.37. The van der Waals surface area contributed by atoms with Crippen LogP contribution in [0.5, 0.6) is 0 Å². The lowest BCUT2D eigenvalue weighted by Gasteiger charge is -2.32. The molecule has 1 aromatic carbocycles. The topological polar surface area (TPSA) is 64.3 Å². The second-order valence-electron chi connectivity index (χ2n) is 6.24. The first-order valence-corrected chi connectivity index (χ1v) is 8.84. The number of anilines is 1. The highest BCUT2D eigenvalue weighted by Crippen LogP contribution is 2.20. The fraction of sp³-hybridized carbons (Fsp3) is 0.412. The Labute approximate surface area is 150 Å². The number of aromatic amines is 1. The molecule has 2 aromatic rings. The minimum absolute atomic E-state index is 0.224. The fourth-order valence-corrected chi connectivity index (χ4v) is 3.07. The minimum atomic E-state index is -0.224. The van der Waals surface area contributed by atoms with Crippen LogP contribution in [0.2, 0.25) is 0 Å². The summed E-state index contributed by atoms with van der Waals surface area (Å²) in [5.41, 5.74) is 3.24. The highest BCUT2D eigenvalue weighted by atomic mass is 79.9. The molecule has 3 rings (SSSR count). The number of aryl methyl sites for hydroxylation is 1. The Hall–Kier alpha value is -1.70. The van der Waals surface area contributed by atoms with Crippen molar-refractivity contribution in [1.29, 1.82) is 0 Å². The highest BCUT2D eigenvalue weighted by molar-refractivity contribution is 9.10. The maximum Gasteiger partial charge on any atom is 0.277 e. The number of likely N-dealkylation sites (N-methyl/N-ethyl adjacent to an activating group) is 1. The number of carbonyl (C=O) groups excluding carboxylic acids is 1. The minimum Gasteiger partial charge on any atom is -0.321 e. The van der Waals surface area contributed by atoms with Crippen molar-refractivity contribution in [2.45, 2.75) is 13.5 Å². The number of amides is 1. The third-order valence-corrected chi connectivity index (χ3v) is 5.27. The van der Waals surface area contributed by atoms with E-state index >= 15 is 0 Å². The summed E-state index contributed by atoms with van der Waals surface area (Å²) in [5, 5.41) is 9.69. The van der Waals surface area contributed by atoms with Crippen LogP contribution >= 0.6 is 15.9 Å². The van der Waals surface area contributed by atoms with Crippen molar-refractivity contribution >= 4 is 27.5 Å². The molecule has 2 N–H and O–H groups in total. The van der Waals surface area contributed by atoms with E-state index in [0.717, 1.165) is 44.1 Å². The standard InChI is InChI=1S/C17H22BrN5O/c1-12-15(18)16(21-20-12)17(24)19-14-5-3-13(4-6-14)11-23-9-7-22(2)8-10-23/h3-6H,7-11H2,1-2H3,(H,19,24)(H,20,21). The van der Waals surface area contributed by atoms with Gasteiger partial charge in [0.2, 0.25) is 0 Å². The van der Waals surface area contributed by atoms with E-state index in [-0.39, 0.29) is 5.91 Å². The van der Waals surface area contributed by atoms with Crippen LogP contribution in [0.1, 0.15) is 21.7 Å². The van der Waals surface area contributed by atoms with Gasteiger partial charge in [-0.3, -0.25) is 14.8 Å². The largest absolute Gasteiger partial charge is 0.321 e. The number of benzene rings is 1. The summed E-state index contributed by atoms with van der Waals surface area (Å²) in [6.07, 6.45) is 0. The Morgan fingerprint density at radius 3 is 2.50 bits per heavy atom. The Kier molecular flexibility index (Phi) is 5.33. The van der Waals surface area contributed by atoms with Crippen LogP contribution in [0.3, 0.4) is 0 Å². The number of halogens is 1. The molecule has 24 heavy (non-hydrogen) atoms. The second kappa shape index (κ2) is 7.46. The smallest absolute Gasteiger partial charge is 0.277 e. The molecular formula is C17H22BrN5O. The Bertz CT molecular complexity index is 704. The fourth-order valence-electron chi connectivity index (χ4n) is 2.71. The van der Waals surface area contributed by atoms with Gasteiger partial charge in [-0.15, -0.1) is 0 Å². The van der Waals surface area contributed by atoms with E-state index in [1.54, 1.807) is 0 Å².